The first-order valence-corrected chi connectivity index (χ1v) is 16.7. The van der Waals surface area contributed by atoms with Crippen LogP contribution in [0.5, 0.6) is 0 Å². The molecule has 0 aromatic heterocycles. The van der Waals surface area contributed by atoms with Gasteiger partial charge in [-0.1, -0.05) is 46.8 Å². The number of aliphatic hydroxyl groups is 1. The molecular formula is C29H54O6Si. The summed E-state index contributed by atoms with van der Waals surface area (Å²) in [5, 5.41) is 10.0. The van der Waals surface area contributed by atoms with E-state index in [4.69, 9.17) is 13.9 Å². The van der Waals surface area contributed by atoms with Crippen LogP contribution < -0.4 is 0 Å². The van der Waals surface area contributed by atoms with Crippen LogP contribution in [0.25, 0.3) is 0 Å². The van der Waals surface area contributed by atoms with Crippen molar-refractivity contribution in [3.05, 3.63) is 12.2 Å². The van der Waals surface area contributed by atoms with Gasteiger partial charge in [0.05, 0.1) is 18.6 Å². The van der Waals surface area contributed by atoms with Crippen molar-refractivity contribution in [1.82, 2.24) is 0 Å². The summed E-state index contributed by atoms with van der Waals surface area (Å²) in [5.74, 6) is -0.456. The van der Waals surface area contributed by atoms with Gasteiger partial charge in [0.1, 0.15) is 11.7 Å². The second kappa shape index (κ2) is 13.6. The summed E-state index contributed by atoms with van der Waals surface area (Å²) >= 11 is 0. The molecule has 0 bridgehead atoms. The van der Waals surface area contributed by atoms with Gasteiger partial charge in [0.15, 0.2) is 8.32 Å². The average molecular weight is 527 g/mol. The molecule has 0 radical (unpaired) electrons. The number of hydrogen-bond donors (Lipinski definition) is 1. The summed E-state index contributed by atoms with van der Waals surface area (Å²) in [6.07, 6.45) is 7.41. The van der Waals surface area contributed by atoms with E-state index < -0.39 is 13.9 Å². The van der Waals surface area contributed by atoms with Crippen molar-refractivity contribution in [3.8, 4) is 0 Å². The van der Waals surface area contributed by atoms with Gasteiger partial charge in [0, 0.05) is 12.8 Å². The Kier molecular flexibility index (Phi) is 12.4. The number of aliphatic hydroxyl groups excluding tert-OH is 1. The predicted molar refractivity (Wildman–Crippen MR) is 148 cm³/mol. The molecular weight excluding hydrogens is 472 g/mol. The number of carbonyl (C=O) groups is 2. The molecule has 1 rings (SSSR count). The number of ether oxygens (including phenoxy) is 2. The van der Waals surface area contributed by atoms with Crippen LogP contribution in [0.15, 0.2) is 12.2 Å². The van der Waals surface area contributed by atoms with Crippen molar-refractivity contribution >= 4 is 20.3 Å². The van der Waals surface area contributed by atoms with Gasteiger partial charge in [-0.25, -0.2) is 0 Å². The molecule has 7 heteroatoms. The minimum Gasteiger partial charge on any atom is -0.462 e. The maximum atomic E-state index is 12.7. The number of rotatable bonds is 13. The van der Waals surface area contributed by atoms with E-state index in [-0.39, 0.29) is 53.0 Å². The number of esters is 2. The molecule has 6 atom stereocenters. The van der Waals surface area contributed by atoms with Gasteiger partial charge in [-0.15, -0.1) is 0 Å². The lowest BCUT2D eigenvalue weighted by Gasteiger charge is -2.45. The molecule has 0 fully saturated rings. The SMILES string of the molecule is CC[C@H](O)CCC[C@H](OC(C)=O)[C@@H](C)[C@H](O[Si](C)(C)C(C)(C)C)[C@H]1CC=C[C@H]1CC(=O)OC(C)(C)C. The van der Waals surface area contributed by atoms with Gasteiger partial charge >= 0.3 is 11.9 Å². The zero-order valence-electron chi connectivity index (χ0n) is 24.8. The summed E-state index contributed by atoms with van der Waals surface area (Å²) in [5.41, 5.74) is -0.525. The van der Waals surface area contributed by atoms with Gasteiger partial charge in [-0.3, -0.25) is 9.59 Å². The highest BCUT2D eigenvalue weighted by molar-refractivity contribution is 6.74. The van der Waals surface area contributed by atoms with Crippen LogP contribution in [0.1, 0.15) is 101 Å². The summed E-state index contributed by atoms with van der Waals surface area (Å²) in [7, 11) is -2.17. The molecule has 0 spiro atoms. The molecule has 1 aliphatic rings. The molecule has 0 amide bonds. The van der Waals surface area contributed by atoms with Crippen molar-refractivity contribution in [3.63, 3.8) is 0 Å². The maximum absolute atomic E-state index is 12.7. The van der Waals surface area contributed by atoms with E-state index >= 15 is 0 Å². The Bertz CT molecular complexity index is 733. The fourth-order valence-electron chi connectivity index (χ4n) is 4.62. The number of carbonyl (C=O) groups excluding carboxylic acids is 2. The Morgan fingerprint density at radius 2 is 1.72 bits per heavy atom. The third-order valence-corrected chi connectivity index (χ3v) is 12.2. The second-order valence-electron chi connectivity index (χ2n) is 13.1. The third kappa shape index (κ3) is 10.7. The topological polar surface area (TPSA) is 82.1 Å². The van der Waals surface area contributed by atoms with Gasteiger partial charge < -0.3 is 19.0 Å². The van der Waals surface area contributed by atoms with Crippen molar-refractivity contribution in [2.45, 2.75) is 143 Å². The standard InChI is InChI=1S/C29H54O6Si/c1-12-23(31)16-14-18-25(33-21(3)30)20(2)27(35-36(10,11)29(7,8)9)24-17-13-15-22(24)19-26(32)34-28(4,5)6/h13,15,20,22-25,27,31H,12,14,16-19H2,1-11H3/t20-,22+,23+,24+,25+,27+/m1/s1. The smallest absolute Gasteiger partial charge is 0.306 e. The van der Waals surface area contributed by atoms with Gasteiger partial charge in [0.25, 0.3) is 0 Å². The highest BCUT2D eigenvalue weighted by Gasteiger charge is 2.46. The zero-order valence-corrected chi connectivity index (χ0v) is 25.8. The monoisotopic (exact) mass is 526 g/mol. The lowest BCUT2D eigenvalue weighted by Crippen LogP contribution is -2.50. The molecule has 0 aromatic rings. The van der Waals surface area contributed by atoms with Crippen LogP contribution in [-0.2, 0) is 23.5 Å². The molecule has 0 aliphatic heterocycles. The lowest BCUT2D eigenvalue weighted by atomic mass is 9.79. The first-order valence-electron chi connectivity index (χ1n) is 13.8. The third-order valence-electron chi connectivity index (χ3n) is 7.74. The maximum Gasteiger partial charge on any atom is 0.306 e. The highest BCUT2D eigenvalue weighted by atomic mass is 28.4. The van der Waals surface area contributed by atoms with Gasteiger partial charge in [-0.2, -0.15) is 0 Å². The number of hydrogen-bond acceptors (Lipinski definition) is 6. The number of allylic oxidation sites excluding steroid dienone is 2. The van der Waals surface area contributed by atoms with E-state index in [1.54, 1.807) is 0 Å². The zero-order chi connectivity index (χ0) is 27.9. The Labute approximate surface area is 221 Å². The van der Waals surface area contributed by atoms with Crippen molar-refractivity contribution in [2.24, 2.45) is 17.8 Å². The lowest BCUT2D eigenvalue weighted by molar-refractivity contribution is -0.156. The molecule has 36 heavy (non-hydrogen) atoms. The van der Waals surface area contributed by atoms with E-state index in [2.05, 4.69) is 52.9 Å². The van der Waals surface area contributed by atoms with E-state index in [1.165, 1.54) is 6.92 Å². The largest absolute Gasteiger partial charge is 0.462 e. The van der Waals surface area contributed by atoms with Crippen LogP contribution in [-0.4, -0.2) is 49.3 Å². The fraction of sp³-hybridized carbons (Fsp3) is 0.862. The second-order valence-corrected chi connectivity index (χ2v) is 17.9. The fourth-order valence-corrected chi connectivity index (χ4v) is 6.04. The Balaban J connectivity index is 3.25. The van der Waals surface area contributed by atoms with Crippen molar-refractivity contribution < 1.29 is 28.6 Å². The quantitative estimate of drug-likeness (QED) is 0.161. The summed E-state index contributed by atoms with van der Waals surface area (Å²) in [6.45, 7) is 22.4. The van der Waals surface area contributed by atoms with E-state index in [9.17, 15) is 14.7 Å². The van der Waals surface area contributed by atoms with Crippen LogP contribution in [0.3, 0.4) is 0 Å². The van der Waals surface area contributed by atoms with Crippen LogP contribution in [0.2, 0.25) is 18.1 Å². The van der Waals surface area contributed by atoms with Gasteiger partial charge in [0.2, 0.25) is 0 Å². The minimum atomic E-state index is -2.17. The highest BCUT2D eigenvalue weighted by Crippen LogP contribution is 2.44. The van der Waals surface area contributed by atoms with Crippen LogP contribution >= 0.6 is 0 Å². The molecule has 1 aliphatic carbocycles. The predicted octanol–water partition coefficient (Wildman–Crippen LogP) is 6.81. The van der Waals surface area contributed by atoms with Crippen LogP contribution in [0.4, 0.5) is 0 Å². The van der Waals surface area contributed by atoms with Crippen LogP contribution in [0, 0.1) is 17.8 Å². The summed E-state index contributed by atoms with van der Waals surface area (Å²) in [6, 6.07) is 0. The first-order chi connectivity index (χ1) is 16.4. The Morgan fingerprint density at radius 1 is 1.11 bits per heavy atom. The van der Waals surface area contributed by atoms with Crippen molar-refractivity contribution in [1.29, 1.82) is 0 Å². The molecule has 0 heterocycles. The molecule has 210 valence electrons. The summed E-state index contributed by atoms with van der Waals surface area (Å²) in [4.78, 5) is 24.8. The Hall–Kier alpha value is -1.18. The first kappa shape index (κ1) is 32.8. The molecule has 1 N–H and O–H groups in total. The van der Waals surface area contributed by atoms with E-state index in [1.807, 2.05) is 27.7 Å². The van der Waals surface area contributed by atoms with Crippen molar-refractivity contribution in [2.75, 3.05) is 0 Å². The molecule has 6 nitrogen and oxygen atoms in total. The Morgan fingerprint density at radius 3 is 2.22 bits per heavy atom. The molecule has 0 aromatic carbocycles. The van der Waals surface area contributed by atoms with E-state index in [0.29, 0.717) is 25.7 Å². The summed E-state index contributed by atoms with van der Waals surface area (Å²) < 4.78 is 18.6. The van der Waals surface area contributed by atoms with E-state index in [0.717, 1.165) is 12.8 Å². The normalized spacial score (nSPS) is 22.1. The molecule has 0 saturated heterocycles. The molecule has 0 saturated carbocycles. The molecule has 0 unspecified atom stereocenters. The van der Waals surface area contributed by atoms with Gasteiger partial charge in [-0.05, 0) is 82.8 Å². The average Bonchev–Trinajstić information content (AvgIpc) is 3.15. The minimum absolute atomic E-state index is 0.0111.